The molecule has 0 aromatic rings. The minimum Gasteiger partial charge on any atom is -0.465 e. The van der Waals surface area contributed by atoms with Crippen LogP contribution in [0.1, 0.15) is 68.2 Å². The summed E-state index contributed by atoms with van der Waals surface area (Å²) in [7, 11) is 1.51. The maximum absolute atomic E-state index is 12.6. The van der Waals surface area contributed by atoms with E-state index in [9.17, 15) is 19.5 Å². The van der Waals surface area contributed by atoms with E-state index in [1.807, 2.05) is 33.8 Å². The van der Waals surface area contributed by atoms with Gasteiger partial charge in [-0.15, -0.1) is 0 Å². The normalized spacial score (nSPS) is 35.5. The zero-order chi connectivity index (χ0) is 26.8. The Kier molecular flexibility index (Phi) is 9.17. The van der Waals surface area contributed by atoms with Crippen LogP contribution in [-0.4, -0.2) is 73.4 Å². The first kappa shape index (κ1) is 29.3. The first-order valence-electron chi connectivity index (χ1n) is 12.2. The summed E-state index contributed by atoms with van der Waals surface area (Å²) < 4.78 is 29.7. The number of carbonyl (C=O) groups is 3. The number of ether oxygens (including phenoxy) is 5. The summed E-state index contributed by atoms with van der Waals surface area (Å²) in [6, 6.07) is 0. The van der Waals surface area contributed by atoms with Gasteiger partial charge in [-0.1, -0.05) is 26.8 Å². The van der Waals surface area contributed by atoms with E-state index < -0.39 is 52.8 Å². The zero-order valence-electron chi connectivity index (χ0n) is 22.5. The van der Waals surface area contributed by atoms with E-state index in [2.05, 4.69) is 0 Å². The molecule has 35 heavy (non-hydrogen) atoms. The van der Waals surface area contributed by atoms with E-state index in [1.165, 1.54) is 21.0 Å². The molecule has 9 nitrogen and oxygen atoms in total. The average Bonchev–Trinajstić information content (AvgIpc) is 2.75. The summed E-state index contributed by atoms with van der Waals surface area (Å²) >= 11 is 0. The SMILES string of the molecule is CO[C@@]1(C)[C@@H](CO)O[C@@H]2C=C(C)[C@@H](OC(=O)CC(C)C)C[C@]2(COC(C)=O)[C@@]1(C)[C@@H](C)OC(C)=O. The van der Waals surface area contributed by atoms with Gasteiger partial charge in [0.05, 0.1) is 12.7 Å². The van der Waals surface area contributed by atoms with Gasteiger partial charge >= 0.3 is 17.9 Å². The molecule has 0 amide bonds. The largest absolute Gasteiger partial charge is 0.465 e. The second kappa shape index (κ2) is 11.0. The molecule has 0 unspecified atom stereocenters. The molecule has 1 saturated heterocycles. The van der Waals surface area contributed by atoms with Gasteiger partial charge in [0, 0.05) is 44.6 Å². The number of methoxy groups -OCH3 is 1. The number of aliphatic hydroxyl groups excluding tert-OH is 1. The summed E-state index contributed by atoms with van der Waals surface area (Å²) in [4.78, 5) is 36.7. The molecule has 0 saturated carbocycles. The molecule has 1 aliphatic carbocycles. The molecule has 0 aromatic carbocycles. The van der Waals surface area contributed by atoms with Crippen LogP contribution in [0.15, 0.2) is 11.6 Å². The van der Waals surface area contributed by atoms with E-state index >= 15 is 0 Å². The first-order valence-corrected chi connectivity index (χ1v) is 12.2. The van der Waals surface area contributed by atoms with Gasteiger partial charge in [0.1, 0.15) is 30.5 Å². The Morgan fingerprint density at radius 1 is 1.17 bits per heavy atom. The van der Waals surface area contributed by atoms with Crippen molar-refractivity contribution in [3.05, 3.63) is 11.6 Å². The average molecular weight is 499 g/mol. The minimum absolute atomic E-state index is 0.0891. The number of hydrogen-bond acceptors (Lipinski definition) is 9. The van der Waals surface area contributed by atoms with Crippen molar-refractivity contribution >= 4 is 17.9 Å². The molecule has 0 radical (unpaired) electrons. The van der Waals surface area contributed by atoms with Crippen LogP contribution >= 0.6 is 0 Å². The van der Waals surface area contributed by atoms with Crippen molar-refractivity contribution in [2.24, 2.45) is 16.7 Å². The Hall–Kier alpha value is -1.97. The summed E-state index contributed by atoms with van der Waals surface area (Å²) in [6.45, 7) is 13.4. The standard InChI is InChI=1S/C26H42O9/c1-15(2)10-23(30)34-20-12-26(14-32-18(5)28)21(11-16(20)3)35-22(13-27)25(8,31-9)24(26,7)17(4)33-19(6)29/h11,15,17,20-22,27H,10,12-14H2,1-9H3/t17-,20+,21-,22-,24+,25+,26-/m1/s1. The smallest absolute Gasteiger partial charge is 0.306 e. The topological polar surface area (TPSA) is 118 Å². The van der Waals surface area contributed by atoms with Crippen LogP contribution in [0.3, 0.4) is 0 Å². The van der Waals surface area contributed by atoms with Crippen molar-refractivity contribution in [3.63, 3.8) is 0 Å². The van der Waals surface area contributed by atoms with Crippen LogP contribution in [0.2, 0.25) is 0 Å². The Morgan fingerprint density at radius 2 is 1.80 bits per heavy atom. The van der Waals surface area contributed by atoms with E-state index in [1.54, 1.807) is 13.8 Å². The van der Waals surface area contributed by atoms with E-state index in [0.717, 1.165) is 5.57 Å². The molecular formula is C26H42O9. The maximum Gasteiger partial charge on any atom is 0.306 e. The summed E-state index contributed by atoms with van der Waals surface area (Å²) in [5.74, 6) is -1.16. The van der Waals surface area contributed by atoms with Crippen molar-refractivity contribution in [2.75, 3.05) is 20.3 Å². The van der Waals surface area contributed by atoms with Gasteiger partial charge in [0.2, 0.25) is 0 Å². The number of fused-ring (bicyclic) bond motifs is 1. The van der Waals surface area contributed by atoms with Crippen LogP contribution < -0.4 is 0 Å². The van der Waals surface area contributed by atoms with Gasteiger partial charge in [-0.25, -0.2) is 0 Å². The van der Waals surface area contributed by atoms with Crippen molar-refractivity contribution < 1.29 is 43.2 Å². The molecule has 200 valence electrons. The molecule has 9 heteroatoms. The summed E-state index contributed by atoms with van der Waals surface area (Å²) in [5.41, 5.74) is -2.44. The quantitative estimate of drug-likeness (QED) is 0.291. The van der Waals surface area contributed by atoms with Gasteiger partial charge in [0.25, 0.3) is 0 Å². The third kappa shape index (κ3) is 5.27. The lowest BCUT2D eigenvalue weighted by molar-refractivity contribution is -0.337. The minimum atomic E-state index is -1.17. The third-order valence-electron chi connectivity index (χ3n) is 8.13. The maximum atomic E-state index is 12.6. The lowest BCUT2D eigenvalue weighted by atomic mass is 9.46. The van der Waals surface area contributed by atoms with Gasteiger partial charge < -0.3 is 28.8 Å². The number of aliphatic hydroxyl groups is 1. The van der Waals surface area contributed by atoms with Crippen molar-refractivity contribution in [1.29, 1.82) is 0 Å². The molecular weight excluding hydrogens is 456 g/mol. The number of esters is 3. The predicted molar refractivity (Wildman–Crippen MR) is 127 cm³/mol. The second-order valence-corrected chi connectivity index (χ2v) is 10.6. The Balaban J connectivity index is 2.74. The monoisotopic (exact) mass is 498 g/mol. The lowest BCUT2D eigenvalue weighted by Crippen LogP contribution is -2.76. The third-order valence-corrected chi connectivity index (χ3v) is 8.13. The van der Waals surface area contributed by atoms with Crippen LogP contribution in [0.4, 0.5) is 0 Å². The number of carbonyl (C=O) groups excluding carboxylic acids is 3. The van der Waals surface area contributed by atoms with Crippen molar-refractivity contribution in [3.8, 4) is 0 Å². The summed E-state index contributed by atoms with van der Waals surface area (Å²) in [6.07, 6.45) is -0.371. The molecule has 1 aliphatic heterocycles. The highest BCUT2D eigenvalue weighted by Gasteiger charge is 2.72. The molecule has 1 N–H and O–H groups in total. The van der Waals surface area contributed by atoms with Crippen molar-refractivity contribution in [2.45, 2.75) is 98.2 Å². The predicted octanol–water partition coefficient (Wildman–Crippen LogP) is 2.97. The fourth-order valence-corrected chi connectivity index (χ4v) is 5.86. The fraction of sp³-hybridized carbons (Fsp3) is 0.808. The lowest BCUT2D eigenvalue weighted by Gasteiger charge is -2.67. The molecule has 7 atom stereocenters. The zero-order valence-corrected chi connectivity index (χ0v) is 22.5. The van der Waals surface area contributed by atoms with Gasteiger partial charge in [-0.2, -0.15) is 0 Å². The van der Waals surface area contributed by atoms with Crippen LogP contribution in [0.5, 0.6) is 0 Å². The van der Waals surface area contributed by atoms with Gasteiger partial charge in [0.15, 0.2) is 0 Å². The molecule has 2 aliphatic rings. The van der Waals surface area contributed by atoms with Crippen molar-refractivity contribution in [1.82, 2.24) is 0 Å². The molecule has 0 bridgehead atoms. The van der Waals surface area contributed by atoms with Gasteiger partial charge in [-0.05, 0) is 32.3 Å². The fourth-order valence-electron chi connectivity index (χ4n) is 5.86. The van der Waals surface area contributed by atoms with E-state index in [0.29, 0.717) is 0 Å². The molecule has 0 spiro atoms. The highest BCUT2D eigenvalue weighted by atomic mass is 16.6. The molecule has 1 fully saturated rings. The first-order chi connectivity index (χ1) is 16.2. The highest BCUT2D eigenvalue weighted by molar-refractivity contribution is 5.70. The Bertz CT molecular complexity index is 837. The van der Waals surface area contributed by atoms with Crippen LogP contribution in [-0.2, 0) is 38.1 Å². The second-order valence-electron chi connectivity index (χ2n) is 10.6. The number of rotatable bonds is 9. The van der Waals surface area contributed by atoms with Gasteiger partial charge in [-0.3, -0.25) is 14.4 Å². The molecule has 2 rings (SSSR count). The van der Waals surface area contributed by atoms with Crippen LogP contribution in [0, 0.1) is 16.7 Å². The Morgan fingerprint density at radius 3 is 2.29 bits per heavy atom. The van der Waals surface area contributed by atoms with Crippen LogP contribution in [0.25, 0.3) is 0 Å². The summed E-state index contributed by atoms with van der Waals surface area (Å²) in [5, 5.41) is 10.3. The number of hydrogen-bond donors (Lipinski definition) is 1. The van der Waals surface area contributed by atoms with E-state index in [-0.39, 0.29) is 37.9 Å². The molecule has 0 aromatic heterocycles. The van der Waals surface area contributed by atoms with E-state index in [4.69, 9.17) is 23.7 Å². The Labute approximate surface area is 208 Å². The molecule has 1 heterocycles. The highest BCUT2D eigenvalue weighted by Crippen LogP contribution is 2.63.